The molecule has 3 rings (SSSR count). The number of H-pyrrole nitrogens is 1. The van der Waals surface area contributed by atoms with Gasteiger partial charge >= 0.3 is 0 Å². The largest absolute Gasteiger partial charge is 0.491 e. The van der Waals surface area contributed by atoms with E-state index < -0.39 is 0 Å². The highest BCUT2D eigenvalue weighted by Crippen LogP contribution is 2.22. The van der Waals surface area contributed by atoms with E-state index in [2.05, 4.69) is 31.0 Å². The second kappa shape index (κ2) is 7.01. The van der Waals surface area contributed by atoms with Crippen molar-refractivity contribution in [3.63, 3.8) is 0 Å². The maximum absolute atomic E-state index is 12.7. The van der Waals surface area contributed by atoms with Crippen molar-refractivity contribution in [2.24, 2.45) is 0 Å². The summed E-state index contributed by atoms with van der Waals surface area (Å²) < 4.78 is 5.78. The predicted octanol–water partition coefficient (Wildman–Crippen LogP) is 4.24. The third kappa shape index (κ3) is 3.68. The van der Waals surface area contributed by atoms with Gasteiger partial charge in [0.05, 0.1) is 6.54 Å². The number of fused-ring (bicyclic) bond motifs is 1. The minimum Gasteiger partial charge on any atom is -0.491 e. The molecule has 4 nitrogen and oxygen atoms in total. The first-order chi connectivity index (χ1) is 12.0. The van der Waals surface area contributed by atoms with Gasteiger partial charge in [-0.25, -0.2) is 0 Å². The Balaban J connectivity index is 1.66. The molecule has 0 aliphatic heterocycles. The van der Waals surface area contributed by atoms with Crippen LogP contribution in [0.3, 0.4) is 0 Å². The molecular weight excluding hydrogens is 312 g/mol. The first-order valence-electron chi connectivity index (χ1n) is 8.49. The zero-order valence-corrected chi connectivity index (χ0v) is 15.2. The SMILES string of the molecule is Cc1cc(C)c2cc(C(=O)N(C)CCOc3ccccc3C)[nH]c2c1. The molecule has 0 saturated heterocycles. The maximum atomic E-state index is 12.7. The number of aryl methyl sites for hydroxylation is 3. The van der Waals surface area contributed by atoms with Crippen LogP contribution < -0.4 is 4.74 Å². The number of benzene rings is 2. The summed E-state index contributed by atoms with van der Waals surface area (Å²) in [6, 6.07) is 14.0. The molecule has 0 atom stereocenters. The molecule has 1 aromatic heterocycles. The fourth-order valence-corrected chi connectivity index (χ4v) is 3.03. The number of rotatable bonds is 5. The van der Waals surface area contributed by atoms with Crippen molar-refractivity contribution in [1.29, 1.82) is 0 Å². The van der Waals surface area contributed by atoms with Gasteiger partial charge in [0.15, 0.2) is 0 Å². The van der Waals surface area contributed by atoms with E-state index in [0.29, 0.717) is 18.8 Å². The number of aromatic amines is 1. The zero-order chi connectivity index (χ0) is 18.0. The fourth-order valence-electron chi connectivity index (χ4n) is 3.03. The molecule has 4 heteroatoms. The molecule has 1 heterocycles. The Morgan fingerprint density at radius 3 is 2.60 bits per heavy atom. The summed E-state index contributed by atoms with van der Waals surface area (Å²) in [6.45, 7) is 7.13. The molecule has 0 radical (unpaired) electrons. The Morgan fingerprint density at radius 2 is 1.84 bits per heavy atom. The average molecular weight is 336 g/mol. The van der Waals surface area contributed by atoms with Crippen molar-refractivity contribution in [2.75, 3.05) is 20.2 Å². The van der Waals surface area contributed by atoms with E-state index in [1.54, 1.807) is 11.9 Å². The molecule has 3 aromatic rings. The molecule has 130 valence electrons. The number of amides is 1. The van der Waals surface area contributed by atoms with Crippen LogP contribution in [0, 0.1) is 20.8 Å². The molecule has 0 spiro atoms. The van der Waals surface area contributed by atoms with E-state index in [4.69, 9.17) is 4.74 Å². The van der Waals surface area contributed by atoms with Gasteiger partial charge in [-0.3, -0.25) is 4.79 Å². The van der Waals surface area contributed by atoms with E-state index in [-0.39, 0.29) is 5.91 Å². The van der Waals surface area contributed by atoms with Crippen molar-refractivity contribution in [1.82, 2.24) is 9.88 Å². The molecule has 25 heavy (non-hydrogen) atoms. The zero-order valence-electron chi connectivity index (χ0n) is 15.2. The second-order valence-corrected chi connectivity index (χ2v) is 6.57. The minimum absolute atomic E-state index is 0.0263. The number of nitrogens with one attached hydrogen (secondary N) is 1. The summed E-state index contributed by atoms with van der Waals surface area (Å²) in [5, 5.41) is 1.10. The number of hydrogen-bond donors (Lipinski definition) is 1. The predicted molar refractivity (Wildman–Crippen MR) is 101 cm³/mol. The number of aromatic nitrogens is 1. The standard InChI is InChI=1S/C21H24N2O2/c1-14-11-16(3)17-13-19(22-18(17)12-14)21(24)23(4)9-10-25-20-8-6-5-7-15(20)2/h5-8,11-13,22H,9-10H2,1-4H3. The monoisotopic (exact) mass is 336 g/mol. The summed E-state index contributed by atoms with van der Waals surface area (Å²) in [6.07, 6.45) is 0. The van der Waals surface area contributed by atoms with Crippen LogP contribution >= 0.6 is 0 Å². The lowest BCUT2D eigenvalue weighted by Crippen LogP contribution is -2.31. The highest BCUT2D eigenvalue weighted by atomic mass is 16.5. The van der Waals surface area contributed by atoms with Crippen molar-refractivity contribution in [3.8, 4) is 5.75 Å². The lowest BCUT2D eigenvalue weighted by molar-refractivity contribution is 0.0769. The number of ether oxygens (including phenoxy) is 1. The lowest BCUT2D eigenvalue weighted by Gasteiger charge is -2.17. The number of carbonyl (C=O) groups is 1. The highest BCUT2D eigenvalue weighted by Gasteiger charge is 2.15. The first-order valence-corrected chi connectivity index (χ1v) is 8.49. The molecule has 1 N–H and O–H groups in total. The molecule has 0 aliphatic carbocycles. The fraction of sp³-hybridized carbons (Fsp3) is 0.286. The number of para-hydroxylation sites is 1. The number of carbonyl (C=O) groups excluding carboxylic acids is 1. The van der Waals surface area contributed by atoms with Gasteiger partial charge in [-0.2, -0.15) is 0 Å². The van der Waals surface area contributed by atoms with Crippen LogP contribution in [0.25, 0.3) is 10.9 Å². The molecular formula is C21H24N2O2. The first kappa shape index (κ1) is 17.1. The minimum atomic E-state index is -0.0263. The van der Waals surface area contributed by atoms with Gasteiger partial charge in [0.2, 0.25) is 0 Å². The molecule has 0 bridgehead atoms. The molecule has 1 amide bonds. The van der Waals surface area contributed by atoms with Crippen LogP contribution in [0.15, 0.2) is 42.5 Å². The normalized spacial score (nSPS) is 10.9. The van der Waals surface area contributed by atoms with E-state index in [1.807, 2.05) is 37.3 Å². The smallest absolute Gasteiger partial charge is 0.270 e. The van der Waals surface area contributed by atoms with Gasteiger partial charge < -0.3 is 14.6 Å². The van der Waals surface area contributed by atoms with Crippen LogP contribution in [0.1, 0.15) is 27.2 Å². The second-order valence-electron chi connectivity index (χ2n) is 6.57. The van der Waals surface area contributed by atoms with Gasteiger partial charge in [0.25, 0.3) is 5.91 Å². The average Bonchev–Trinajstić information content (AvgIpc) is 3.00. The van der Waals surface area contributed by atoms with Gasteiger partial charge in [0.1, 0.15) is 18.1 Å². The van der Waals surface area contributed by atoms with E-state index in [1.165, 1.54) is 11.1 Å². The Labute approximate surface area is 148 Å². The van der Waals surface area contributed by atoms with Crippen LogP contribution in [0.5, 0.6) is 5.75 Å². The van der Waals surface area contributed by atoms with Gasteiger partial charge in [-0.05, 0) is 55.7 Å². The van der Waals surface area contributed by atoms with Crippen molar-refractivity contribution in [2.45, 2.75) is 20.8 Å². The van der Waals surface area contributed by atoms with Crippen molar-refractivity contribution in [3.05, 3.63) is 64.8 Å². The molecule has 0 fully saturated rings. The van der Waals surface area contributed by atoms with Crippen LogP contribution in [-0.2, 0) is 0 Å². The topological polar surface area (TPSA) is 45.3 Å². The molecule has 2 aromatic carbocycles. The molecule has 0 aliphatic rings. The Bertz CT molecular complexity index is 911. The molecule has 0 saturated carbocycles. The summed E-state index contributed by atoms with van der Waals surface area (Å²) >= 11 is 0. The summed E-state index contributed by atoms with van der Waals surface area (Å²) in [7, 11) is 1.80. The third-order valence-electron chi connectivity index (χ3n) is 4.44. The quantitative estimate of drug-likeness (QED) is 0.757. The van der Waals surface area contributed by atoms with Gasteiger partial charge in [-0.15, -0.1) is 0 Å². The van der Waals surface area contributed by atoms with Crippen LogP contribution in [-0.4, -0.2) is 36.0 Å². The van der Waals surface area contributed by atoms with Crippen molar-refractivity contribution < 1.29 is 9.53 Å². The summed E-state index contributed by atoms with van der Waals surface area (Å²) in [4.78, 5) is 17.6. The van der Waals surface area contributed by atoms with Crippen molar-refractivity contribution >= 4 is 16.8 Å². The summed E-state index contributed by atoms with van der Waals surface area (Å²) in [5.41, 5.74) is 5.08. The van der Waals surface area contributed by atoms with Crippen LogP contribution in [0.2, 0.25) is 0 Å². The number of likely N-dealkylation sites (N-methyl/N-ethyl adjacent to an activating group) is 1. The van der Waals surface area contributed by atoms with E-state index >= 15 is 0 Å². The third-order valence-corrected chi connectivity index (χ3v) is 4.44. The lowest BCUT2D eigenvalue weighted by atomic mass is 10.1. The maximum Gasteiger partial charge on any atom is 0.270 e. The van der Waals surface area contributed by atoms with E-state index in [0.717, 1.165) is 22.2 Å². The van der Waals surface area contributed by atoms with Gasteiger partial charge in [-0.1, -0.05) is 24.3 Å². The Hall–Kier alpha value is -2.75. The Morgan fingerprint density at radius 1 is 1.08 bits per heavy atom. The Kier molecular flexibility index (Phi) is 4.79. The van der Waals surface area contributed by atoms with E-state index in [9.17, 15) is 4.79 Å². The highest BCUT2D eigenvalue weighted by molar-refractivity contribution is 5.98. The number of hydrogen-bond acceptors (Lipinski definition) is 2. The molecule has 0 unspecified atom stereocenters. The van der Waals surface area contributed by atoms with Gasteiger partial charge in [0, 0.05) is 18.0 Å². The number of nitrogens with zero attached hydrogens (tertiary/aromatic N) is 1. The summed E-state index contributed by atoms with van der Waals surface area (Å²) in [5.74, 6) is 0.835. The van der Waals surface area contributed by atoms with Crippen LogP contribution in [0.4, 0.5) is 0 Å².